The smallest absolute Gasteiger partial charge is 0.250 e. The fourth-order valence-corrected chi connectivity index (χ4v) is 4.86. The number of hydrogen-bond donors (Lipinski definition) is 3. The standard InChI is InChI=1S/C22H30N2O6/c1-28-12-21(27)24-14-6-7-18-16(8-14)17-9-15(29-19(11-25)22(17)30-18)10-20(26)23-13-4-2-3-5-13/h6-8,13,15,17,19,22,25H,2-5,9-12H2,1H3,(H,23,26)(H,24,27)/t15-,17+,19-,22-/m0/s1. The van der Waals surface area contributed by atoms with Crippen LogP contribution in [0, 0.1) is 0 Å². The highest BCUT2D eigenvalue weighted by Crippen LogP contribution is 2.47. The van der Waals surface area contributed by atoms with Crippen molar-refractivity contribution in [2.24, 2.45) is 0 Å². The topological polar surface area (TPSA) is 106 Å². The highest BCUT2D eigenvalue weighted by molar-refractivity contribution is 5.91. The van der Waals surface area contributed by atoms with Crippen LogP contribution >= 0.6 is 0 Å². The second kappa shape index (κ2) is 9.32. The minimum atomic E-state index is -0.494. The Labute approximate surface area is 176 Å². The lowest BCUT2D eigenvalue weighted by Gasteiger charge is -2.37. The maximum Gasteiger partial charge on any atom is 0.250 e. The molecule has 0 bridgehead atoms. The summed E-state index contributed by atoms with van der Waals surface area (Å²) in [6, 6.07) is 5.79. The Morgan fingerprint density at radius 1 is 1.23 bits per heavy atom. The van der Waals surface area contributed by atoms with Gasteiger partial charge < -0.3 is 30.0 Å². The Morgan fingerprint density at radius 2 is 2.03 bits per heavy atom. The zero-order valence-electron chi connectivity index (χ0n) is 17.3. The number of rotatable bonds is 7. The minimum Gasteiger partial charge on any atom is -0.487 e. The van der Waals surface area contributed by atoms with Crippen molar-refractivity contribution >= 4 is 17.5 Å². The van der Waals surface area contributed by atoms with Crippen molar-refractivity contribution in [3.8, 4) is 5.75 Å². The van der Waals surface area contributed by atoms with E-state index in [0.717, 1.165) is 24.2 Å². The lowest BCUT2D eigenvalue weighted by molar-refractivity contribution is -0.142. The molecule has 1 aliphatic carbocycles. The molecule has 1 aromatic rings. The van der Waals surface area contributed by atoms with Gasteiger partial charge in [0.05, 0.1) is 19.1 Å². The number of ether oxygens (including phenoxy) is 3. The molecular formula is C22H30N2O6. The molecule has 0 radical (unpaired) electrons. The van der Waals surface area contributed by atoms with Crippen LogP contribution in [0.1, 0.15) is 50.0 Å². The van der Waals surface area contributed by atoms with Crippen LogP contribution in [0.25, 0.3) is 0 Å². The molecule has 0 spiro atoms. The number of amides is 2. The molecule has 1 saturated heterocycles. The minimum absolute atomic E-state index is 0.00163. The number of anilines is 1. The van der Waals surface area contributed by atoms with E-state index < -0.39 is 6.10 Å². The monoisotopic (exact) mass is 418 g/mol. The van der Waals surface area contributed by atoms with Gasteiger partial charge in [-0.3, -0.25) is 9.59 Å². The summed E-state index contributed by atoms with van der Waals surface area (Å²) in [6.07, 6.45) is 4.23. The molecule has 1 aromatic carbocycles. The van der Waals surface area contributed by atoms with Crippen molar-refractivity contribution in [2.75, 3.05) is 25.6 Å². The first-order valence-corrected chi connectivity index (χ1v) is 10.7. The highest BCUT2D eigenvalue weighted by atomic mass is 16.6. The van der Waals surface area contributed by atoms with Crippen molar-refractivity contribution in [3.63, 3.8) is 0 Å². The third-order valence-corrected chi connectivity index (χ3v) is 6.19. The van der Waals surface area contributed by atoms with Crippen molar-refractivity contribution in [1.82, 2.24) is 5.32 Å². The molecule has 2 aliphatic heterocycles. The quantitative estimate of drug-likeness (QED) is 0.623. The molecule has 0 unspecified atom stereocenters. The molecule has 8 heteroatoms. The number of benzene rings is 1. The average molecular weight is 418 g/mol. The predicted octanol–water partition coefficient (Wildman–Crippen LogP) is 1.71. The molecule has 0 aromatic heterocycles. The van der Waals surface area contributed by atoms with Crippen LogP contribution < -0.4 is 15.4 Å². The fourth-order valence-electron chi connectivity index (χ4n) is 4.86. The summed E-state index contributed by atoms with van der Waals surface area (Å²) in [5, 5.41) is 15.8. The summed E-state index contributed by atoms with van der Waals surface area (Å²) in [6.45, 7) is -0.189. The second-order valence-corrected chi connectivity index (χ2v) is 8.39. The molecule has 4 rings (SSSR count). The molecule has 2 fully saturated rings. The number of hydrogen-bond acceptors (Lipinski definition) is 6. The molecule has 3 N–H and O–H groups in total. The van der Waals surface area contributed by atoms with Gasteiger partial charge in [-0.15, -0.1) is 0 Å². The molecule has 2 heterocycles. The van der Waals surface area contributed by atoms with Crippen LogP contribution in [0.3, 0.4) is 0 Å². The van der Waals surface area contributed by atoms with Crippen LogP contribution in [0.2, 0.25) is 0 Å². The Hall–Kier alpha value is -2.16. The number of nitrogens with one attached hydrogen (secondary N) is 2. The van der Waals surface area contributed by atoms with E-state index >= 15 is 0 Å². The van der Waals surface area contributed by atoms with Gasteiger partial charge in [-0.05, 0) is 37.5 Å². The molecule has 4 atom stereocenters. The van der Waals surface area contributed by atoms with Crippen LogP contribution in [-0.4, -0.2) is 61.6 Å². The van der Waals surface area contributed by atoms with Crippen molar-refractivity contribution in [3.05, 3.63) is 23.8 Å². The summed E-state index contributed by atoms with van der Waals surface area (Å²) in [5.41, 5.74) is 1.64. The fraction of sp³-hybridized carbons (Fsp3) is 0.636. The third-order valence-electron chi connectivity index (χ3n) is 6.19. The maximum absolute atomic E-state index is 12.5. The first-order chi connectivity index (χ1) is 14.6. The average Bonchev–Trinajstić information content (AvgIpc) is 3.35. The number of aliphatic hydroxyl groups excluding tert-OH is 1. The summed E-state index contributed by atoms with van der Waals surface area (Å²) >= 11 is 0. The van der Waals surface area contributed by atoms with E-state index in [1.807, 2.05) is 12.1 Å². The zero-order valence-corrected chi connectivity index (χ0v) is 17.3. The normalized spacial score (nSPS) is 27.8. The maximum atomic E-state index is 12.5. The Morgan fingerprint density at radius 3 is 2.77 bits per heavy atom. The van der Waals surface area contributed by atoms with Crippen molar-refractivity contribution < 1.29 is 28.9 Å². The second-order valence-electron chi connectivity index (χ2n) is 8.39. The molecule has 2 amide bonds. The molecule has 164 valence electrons. The van der Waals surface area contributed by atoms with Gasteiger partial charge in [0.15, 0.2) is 0 Å². The lowest BCUT2D eigenvalue weighted by atomic mass is 9.84. The van der Waals surface area contributed by atoms with Crippen LogP contribution in [0.5, 0.6) is 5.75 Å². The van der Waals surface area contributed by atoms with E-state index in [4.69, 9.17) is 14.2 Å². The van der Waals surface area contributed by atoms with Crippen LogP contribution in [-0.2, 0) is 19.1 Å². The Bertz CT molecular complexity index is 779. The van der Waals surface area contributed by atoms with Crippen molar-refractivity contribution in [1.29, 1.82) is 0 Å². The van der Waals surface area contributed by atoms with Gasteiger partial charge in [-0.2, -0.15) is 0 Å². The Balaban J connectivity index is 1.45. The first kappa shape index (κ1) is 21.1. The summed E-state index contributed by atoms with van der Waals surface area (Å²) in [5.74, 6) is 0.499. The van der Waals surface area contributed by atoms with Gasteiger partial charge in [0.1, 0.15) is 24.6 Å². The summed E-state index contributed by atoms with van der Waals surface area (Å²) in [4.78, 5) is 24.3. The molecule has 8 nitrogen and oxygen atoms in total. The molecule has 1 saturated carbocycles. The van der Waals surface area contributed by atoms with Gasteiger partial charge in [0.25, 0.3) is 0 Å². The summed E-state index contributed by atoms with van der Waals surface area (Å²) < 4.78 is 16.9. The molecule has 30 heavy (non-hydrogen) atoms. The molecular weight excluding hydrogens is 388 g/mol. The number of aliphatic hydroxyl groups is 1. The van der Waals surface area contributed by atoms with Gasteiger partial charge in [0.2, 0.25) is 11.8 Å². The zero-order chi connectivity index (χ0) is 21.1. The van der Waals surface area contributed by atoms with Crippen LogP contribution in [0.15, 0.2) is 18.2 Å². The third kappa shape index (κ3) is 4.61. The van der Waals surface area contributed by atoms with Gasteiger partial charge >= 0.3 is 0 Å². The SMILES string of the molecule is COCC(=O)Nc1ccc2c(c1)[C@H]1C[C@@H](CC(=O)NC3CCCC3)O[C@@H](CO)[C@H]1O2. The van der Waals surface area contributed by atoms with E-state index in [0.29, 0.717) is 12.1 Å². The Kier molecular flexibility index (Phi) is 6.55. The highest BCUT2D eigenvalue weighted by Gasteiger charge is 2.46. The lowest BCUT2D eigenvalue weighted by Crippen LogP contribution is -2.47. The van der Waals surface area contributed by atoms with Gasteiger partial charge in [0, 0.05) is 30.3 Å². The van der Waals surface area contributed by atoms with Gasteiger partial charge in [-0.25, -0.2) is 0 Å². The van der Waals surface area contributed by atoms with E-state index in [1.165, 1.54) is 20.0 Å². The van der Waals surface area contributed by atoms with Crippen LogP contribution in [0.4, 0.5) is 5.69 Å². The van der Waals surface area contributed by atoms with E-state index in [1.54, 1.807) is 6.07 Å². The molecule has 3 aliphatic rings. The van der Waals surface area contributed by atoms with E-state index in [2.05, 4.69) is 10.6 Å². The number of carbonyl (C=O) groups excluding carboxylic acids is 2. The summed E-state index contributed by atoms with van der Waals surface area (Å²) in [7, 11) is 1.47. The predicted molar refractivity (Wildman–Crippen MR) is 109 cm³/mol. The number of methoxy groups -OCH3 is 1. The van der Waals surface area contributed by atoms with Gasteiger partial charge in [-0.1, -0.05) is 12.8 Å². The van der Waals surface area contributed by atoms with Crippen molar-refractivity contribution in [2.45, 2.75) is 68.8 Å². The largest absolute Gasteiger partial charge is 0.487 e. The number of carbonyl (C=O) groups is 2. The first-order valence-electron chi connectivity index (χ1n) is 10.7. The van der Waals surface area contributed by atoms with E-state index in [9.17, 15) is 14.7 Å². The number of fused-ring (bicyclic) bond motifs is 3. The van der Waals surface area contributed by atoms with E-state index in [-0.39, 0.29) is 55.6 Å².